The summed E-state index contributed by atoms with van der Waals surface area (Å²) in [4.78, 5) is 30.5. The van der Waals surface area contributed by atoms with E-state index in [-0.39, 0.29) is 23.3 Å². The van der Waals surface area contributed by atoms with Crippen LogP contribution < -0.4 is 5.32 Å². The average Bonchev–Trinajstić information content (AvgIpc) is 2.79. The Morgan fingerprint density at radius 2 is 2.05 bits per heavy atom. The molecule has 116 valence electrons. The van der Waals surface area contributed by atoms with Crippen molar-refractivity contribution in [3.8, 4) is 0 Å². The van der Waals surface area contributed by atoms with Gasteiger partial charge < -0.3 is 10.2 Å². The van der Waals surface area contributed by atoms with E-state index in [0.717, 1.165) is 10.7 Å². The van der Waals surface area contributed by atoms with Gasteiger partial charge in [-0.1, -0.05) is 20.8 Å². The van der Waals surface area contributed by atoms with Crippen molar-refractivity contribution in [3.63, 3.8) is 0 Å². The second-order valence-electron chi connectivity index (χ2n) is 6.68. The second-order valence-corrected chi connectivity index (χ2v) is 7.63. The smallest absolute Gasteiger partial charge is 0.245 e. The van der Waals surface area contributed by atoms with Gasteiger partial charge in [0, 0.05) is 23.3 Å². The van der Waals surface area contributed by atoms with Crippen LogP contribution in [-0.2, 0) is 21.5 Å². The number of rotatable bonds is 2. The summed E-state index contributed by atoms with van der Waals surface area (Å²) < 4.78 is 0. The van der Waals surface area contributed by atoms with Crippen LogP contribution in [0.15, 0.2) is 5.38 Å². The van der Waals surface area contributed by atoms with E-state index in [1.165, 1.54) is 0 Å². The Labute approximate surface area is 129 Å². The molecule has 0 aliphatic carbocycles. The Kier molecular flexibility index (Phi) is 4.37. The highest BCUT2D eigenvalue weighted by molar-refractivity contribution is 7.09. The SMILES string of the molecule is CC1NC(=O)CC(C)N(Cc2nc(C(C)(C)C)cs2)C1=O. The Balaban J connectivity index is 2.18. The van der Waals surface area contributed by atoms with Gasteiger partial charge in [-0.15, -0.1) is 11.3 Å². The van der Waals surface area contributed by atoms with Gasteiger partial charge in [-0.3, -0.25) is 9.59 Å². The molecule has 2 amide bonds. The minimum atomic E-state index is -0.468. The highest BCUT2D eigenvalue weighted by Gasteiger charge is 2.32. The van der Waals surface area contributed by atoms with Crippen LogP contribution in [0, 0.1) is 0 Å². The predicted molar refractivity (Wildman–Crippen MR) is 83.0 cm³/mol. The van der Waals surface area contributed by atoms with Gasteiger partial charge in [0.05, 0.1) is 12.2 Å². The molecule has 1 aliphatic rings. The Morgan fingerprint density at radius 3 is 2.62 bits per heavy atom. The van der Waals surface area contributed by atoms with E-state index in [1.54, 1.807) is 23.2 Å². The topological polar surface area (TPSA) is 62.3 Å². The number of hydrogen-bond acceptors (Lipinski definition) is 4. The fourth-order valence-electron chi connectivity index (χ4n) is 2.31. The molecule has 2 unspecified atom stereocenters. The summed E-state index contributed by atoms with van der Waals surface area (Å²) in [6.45, 7) is 10.5. The third-order valence-electron chi connectivity index (χ3n) is 3.67. The highest BCUT2D eigenvalue weighted by Crippen LogP contribution is 2.25. The maximum absolute atomic E-state index is 12.4. The fraction of sp³-hybridized carbons (Fsp3) is 0.667. The van der Waals surface area contributed by atoms with Crippen molar-refractivity contribution in [1.82, 2.24) is 15.2 Å². The minimum Gasteiger partial charge on any atom is -0.345 e. The van der Waals surface area contributed by atoms with E-state index in [2.05, 4.69) is 36.5 Å². The van der Waals surface area contributed by atoms with Crippen molar-refractivity contribution in [2.75, 3.05) is 0 Å². The van der Waals surface area contributed by atoms with Gasteiger partial charge >= 0.3 is 0 Å². The van der Waals surface area contributed by atoms with Gasteiger partial charge in [-0.05, 0) is 13.8 Å². The number of carbonyl (C=O) groups is 2. The molecular formula is C15H23N3O2S. The number of nitrogens with zero attached hydrogens (tertiary/aromatic N) is 2. The van der Waals surface area contributed by atoms with Gasteiger partial charge in [-0.2, -0.15) is 0 Å². The molecule has 2 heterocycles. The van der Waals surface area contributed by atoms with E-state index >= 15 is 0 Å². The van der Waals surface area contributed by atoms with Gasteiger partial charge in [0.25, 0.3) is 0 Å². The Hall–Kier alpha value is -1.43. The van der Waals surface area contributed by atoms with Crippen molar-refractivity contribution in [2.24, 2.45) is 0 Å². The highest BCUT2D eigenvalue weighted by atomic mass is 32.1. The molecular weight excluding hydrogens is 286 g/mol. The first-order valence-corrected chi connectivity index (χ1v) is 8.11. The summed E-state index contributed by atoms with van der Waals surface area (Å²) in [7, 11) is 0. The third-order valence-corrected chi connectivity index (χ3v) is 4.50. The molecule has 1 fully saturated rings. The van der Waals surface area contributed by atoms with Crippen LogP contribution in [-0.4, -0.2) is 33.8 Å². The van der Waals surface area contributed by atoms with Crippen LogP contribution in [0.2, 0.25) is 0 Å². The summed E-state index contributed by atoms with van der Waals surface area (Å²) >= 11 is 1.57. The summed E-state index contributed by atoms with van der Waals surface area (Å²) in [5.74, 6) is -0.110. The van der Waals surface area contributed by atoms with E-state index in [4.69, 9.17) is 0 Å². The first-order valence-electron chi connectivity index (χ1n) is 7.23. The average molecular weight is 309 g/mol. The number of aromatic nitrogens is 1. The molecule has 0 radical (unpaired) electrons. The molecule has 0 bridgehead atoms. The molecule has 1 saturated heterocycles. The van der Waals surface area contributed by atoms with Gasteiger partial charge in [-0.25, -0.2) is 4.98 Å². The van der Waals surface area contributed by atoms with Crippen molar-refractivity contribution in [2.45, 2.75) is 65.1 Å². The molecule has 0 saturated carbocycles. The number of nitrogens with one attached hydrogen (secondary N) is 1. The molecule has 2 rings (SSSR count). The summed E-state index contributed by atoms with van der Waals surface area (Å²) in [5.41, 5.74) is 1.05. The molecule has 1 N–H and O–H groups in total. The van der Waals surface area contributed by atoms with Crippen LogP contribution >= 0.6 is 11.3 Å². The van der Waals surface area contributed by atoms with Gasteiger partial charge in [0.1, 0.15) is 11.0 Å². The molecule has 0 spiro atoms. The maximum atomic E-state index is 12.4. The summed E-state index contributed by atoms with van der Waals surface area (Å²) in [6, 6.07) is -0.575. The second kappa shape index (κ2) is 5.75. The Morgan fingerprint density at radius 1 is 1.38 bits per heavy atom. The lowest BCUT2D eigenvalue weighted by Crippen LogP contribution is -2.44. The number of carbonyl (C=O) groups excluding carboxylic acids is 2. The van der Waals surface area contributed by atoms with E-state index in [0.29, 0.717) is 13.0 Å². The van der Waals surface area contributed by atoms with Crippen LogP contribution in [0.25, 0.3) is 0 Å². The van der Waals surface area contributed by atoms with Gasteiger partial charge in [0.2, 0.25) is 11.8 Å². The molecule has 2 atom stereocenters. The minimum absolute atomic E-state index is 0.00791. The normalized spacial score (nSPS) is 24.0. The monoisotopic (exact) mass is 309 g/mol. The molecule has 0 aromatic carbocycles. The van der Waals surface area contributed by atoms with Crippen molar-refractivity contribution in [1.29, 1.82) is 0 Å². The summed E-state index contributed by atoms with van der Waals surface area (Å²) in [5, 5.41) is 5.69. The largest absolute Gasteiger partial charge is 0.345 e. The van der Waals surface area contributed by atoms with E-state index in [9.17, 15) is 9.59 Å². The maximum Gasteiger partial charge on any atom is 0.245 e. The van der Waals surface area contributed by atoms with Crippen LogP contribution in [0.5, 0.6) is 0 Å². The van der Waals surface area contributed by atoms with Crippen molar-refractivity contribution < 1.29 is 9.59 Å². The molecule has 5 nitrogen and oxygen atoms in total. The van der Waals surface area contributed by atoms with Gasteiger partial charge in [0.15, 0.2) is 0 Å². The quantitative estimate of drug-likeness (QED) is 0.909. The summed E-state index contributed by atoms with van der Waals surface area (Å²) in [6.07, 6.45) is 0.341. The first kappa shape index (κ1) is 15.9. The lowest BCUT2D eigenvalue weighted by Gasteiger charge is -2.26. The molecule has 1 aromatic rings. The zero-order chi connectivity index (χ0) is 15.8. The lowest BCUT2D eigenvalue weighted by molar-refractivity contribution is -0.135. The molecule has 6 heteroatoms. The zero-order valence-corrected chi connectivity index (χ0v) is 14.1. The molecule has 1 aliphatic heterocycles. The lowest BCUT2D eigenvalue weighted by atomic mass is 9.93. The fourth-order valence-corrected chi connectivity index (χ4v) is 3.33. The molecule has 1 aromatic heterocycles. The number of thiazole rings is 1. The van der Waals surface area contributed by atoms with Crippen molar-refractivity contribution >= 4 is 23.2 Å². The first-order chi connectivity index (χ1) is 9.68. The van der Waals surface area contributed by atoms with Crippen LogP contribution in [0.4, 0.5) is 0 Å². The van der Waals surface area contributed by atoms with E-state index in [1.807, 2.05) is 6.92 Å². The number of hydrogen-bond donors (Lipinski definition) is 1. The zero-order valence-electron chi connectivity index (χ0n) is 13.3. The number of amides is 2. The standard InChI is InChI=1S/C15H23N3O2S/c1-9-6-12(19)16-10(2)14(20)18(9)7-13-17-11(8-21-13)15(3,4)5/h8-10H,6-7H2,1-5H3,(H,16,19). The van der Waals surface area contributed by atoms with Crippen molar-refractivity contribution in [3.05, 3.63) is 16.1 Å². The Bertz CT molecular complexity index is 547. The van der Waals surface area contributed by atoms with E-state index < -0.39 is 6.04 Å². The third kappa shape index (κ3) is 3.61. The predicted octanol–water partition coefficient (Wildman–Crippen LogP) is 2.07. The molecule has 21 heavy (non-hydrogen) atoms. The van der Waals surface area contributed by atoms with Crippen LogP contribution in [0.3, 0.4) is 0 Å². The van der Waals surface area contributed by atoms with Crippen LogP contribution in [0.1, 0.15) is 51.7 Å².